The summed E-state index contributed by atoms with van der Waals surface area (Å²) in [7, 11) is 1.75. The molecule has 0 saturated carbocycles. The lowest BCUT2D eigenvalue weighted by molar-refractivity contribution is 0.0685. The van der Waals surface area contributed by atoms with E-state index < -0.39 is 6.04 Å². The van der Waals surface area contributed by atoms with Gasteiger partial charge in [-0.1, -0.05) is 12.1 Å². The van der Waals surface area contributed by atoms with Gasteiger partial charge in [0.05, 0.1) is 24.3 Å². The second-order valence-corrected chi connectivity index (χ2v) is 5.96. The van der Waals surface area contributed by atoms with Crippen LogP contribution >= 0.6 is 0 Å². The Kier molecular flexibility index (Phi) is 2.81. The SMILES string of the molecule is Cn1nccc1C(=O)N1Cc2[nH]cnc2[C@H]1c1nc2ccccc2o1. The van der Waals surface area contributed by atoms with Crippen LogP contribution in [0.15, 0.2) is 47.3 Å². The second kappa shape index (κ2) is 5.04. The lowest BCUT2D eigenvalue weighted by Crippen LogP contribution is -2.32. The molecule has 1 atom stereocenters. The third kappa shape index (κ3) is 2.00. The van der Waals surface area contributed by atoms with E-state index in [0.29, 0.717) is 23.7 Å². The number of carbonyl (C=O) groups excluding carboxylic acids is 1. The number of carbonyl (C=O) groups is 1. The molecule has 0 fully saturated rings. The van der Waals surface area contributed by atoms with Crippen molar-refractivity contribution >= 4 is 17.0 Å². The van der Waals surface area contributed by atoms with Crippen LogP contribution in [-0.4, -0.2) is 35.5 Å². The standard InChI is InChI=1S/C17H14N6O2/c1-22-12(6-7-20-22)17(24)23-8-11-14(19-9-18-11)15(23)16-21-10-4-2-3-5-13(10)25-16/h2-7,9,15H,8H2,1H3,(H,18,19)/t15-/m0/s1. The Bertz CT molecular complexity index is 1060. The maximum absolute atomic E-state index is 13.0. The van der Waals surface area contributed by atoms with E-state index >= 15 is 0 Å². The minimum absolute atomic E-state index is 0.140. The van der Waals surface area contributed by atoms with Crippen molar-refractivity contribution in [1.82, 2.24) is 29.6 Å². The van der Waals surface area contributed by atoms with Gasteiger partial charge in [0.25, 0.3) is 5.91 Å². The highest BCUT2D eigenvalue weighted by atomic mass is 16.4. The van der Waals surface area contributed by atoms with Crippen LogP contribution in [0.25, 0.3) is 11.1 Å². The van der Waals surface area contributed by atoms with Gasteiger partial charge in [0.2, 0.25) is 5.89 Å². The van der Waals surface area contributed by atoms with Crippen LogP contribution in [0, 0.1) is 0 Å². The summed E-state index contributed by atoms with van der Waals surface area (Å²) in [6.07, 6.45) is 3.24. The molecule has 1 aliphatic rings. The van der Waals surface area contributed by atoms with Crippen molar-refractivity contribution in [3.8, 4) is 0 Å². The van der Waals surface area contributed by atoms with Crippen molar-refractivity contribution < 1.29 is 9.21 Å². The third-order valence-corrected chi connectivity index (χ3v) is 4.50. The maximum atomic E-state index is 13.0. The first kappa shape index (κ1) is 14.0. The van der Waals surface area contributed by atoms with Gasteiger partial charge in [-0.15, -0.1) is 0 Å². The van der Waals surface area contributed by atoms with E-state index in [1.165, 1.54) is 0 Å². The molecule has 1 amide bonds. The Hall–Kier alpha value is -3.42. The lowest BCUT2D eigenvalue weighted by Gasteiger charge is -2.22. The molecule has 4 aromatic rings. The fourth-order valence-electron chi connectivity index (χ4n) is 3.28. The van der Waals surface area contributed by atoms with E-state index in [0.717, 1.165) is 16.9 Å². The number of benzene rings is 1. The molecule has 0 spiro atoms. The van der Waals surface area contributed by atoms with Crippen molar-refractivity contribution in [2.75, 3.05) is 0 Å². The number of aromatic nitrogens is 5. The molecule has 0 bridgehead atoms. The molecule has 0 saturated heterocycles. The molecule has 8 heteroatoms. The number of hydrogen-bond donors (Lipinski definition) is 1. The van der Waals surface area contributed by atoms with Crippen LogP contribution in [0.1, 0.15) is 33.8 Å². The van der Waals surface area contributed by atoms with E-state index in [4.69, 9.17) is 4.42 Å². The Morgan fingerprint density at radius 3 is 3.00 bits per heavy atom. The second-order valence-electron chi connectivity index (χ2n) is 5.96. The Balaban J connectivity index is 1.63. The molecule has 0 radical (unpaired) electrons. The number of imidazole rings is 1. The van der Waals surface area contributed by atoms with Gasteiger partial charge in [0.15, 0.2) is 11.6 Å². The van der Waals surface area contributed by atoms with Gasteiger partial charge in [0.1, 0.15) is 11.2 Å². The lowest BCUT2D eigenvalue weighted by atomic mass is 10.2. The van der Waals surface area contributed by atoms with Crippen molar-refractivity contribution in [3.63, 3.8) is 0 Å². The molecule has 1 aliphatic heterocycles. The summed E-state index contributed by atoms with van der Waals surface area (Å²) in [5.74, 6) is 0.321. The number of aromatic amines is 1. The number of hydrogen-bond acceptors (Lipinski definition) is 5. The van der Waals surface area contributed by atoms with Gasteiger partial charge in [-0.2, -0.15) is 5.10 Å². The smallest absolute Gasteiger partial charge is 0.273 e. The van der Waals surface area contributed by atoms with Crippen molar-refractivity contribution in [2.24, 2.45) is 7.05 Å². The van der Waals surface area contributed by atoms with Crippen LogP contribution in [0.4, 0.5) is 0 Å². The van der Waals surface area contributed by atoms with Crippen molar-refractivity contribution in [2.45, 2.75) is 12.6 Å². The van der Waals surface area contributed by atoms with Gasteiger partial charge in [0, 0.05) is 13.2 Å². The molecule has 124 valence electrons. The quantitative estimate of drug-likeness (QED) is 0.605. The first-order valence-corrected chi connectivity index (χ1v) is 7.89. The predicted molar refractivity (Wildman–Crippen MR) is 87.5 cm³/mol. The van der Waals surface area contributed by atoms with Crippen LogP contribution in [0.3, 0.4) is 0 Å². The summed E-state index contributed by atoms with van der Waals surface area (Å²) < 4.78 is 7.49. The molecular weight excluding hydrogens is 320 g/mol. The summed E-state index contributed by atoms with van der Waals surface area (Å²) in [6.45, 7) is 0.419. The monoisotopic (exact) mass is 334 g/mol. The molecule has 25 heavy (non-hydrogen) atoms. The highest BCUT2D eigenvalue weighted by molar-refractivity contribution is 5.93. The molecule has 1 aromatic carbocycles. The highest BCUT2D eigenvalue weighted by Gasteiger charge is 2.41. The largest absolute Gasteiger partial charge is 0.438 e. The van der Waals surface area contributed by atoms with Gasteiger partial charge in [-0.25, -0.2) is 9.97 Å². The van der Waals surface area contributed by atoms with E-state index in [-0.39, 0.29) is 5.91 Å². The molecule has 8 nitrogen and oxygen atoms in total. The summed E-state index contributed by atoms with van der Waals surface area (Å²) >= 11 is 0. The zero-order chi connectivity index (χ0) is 17.0. The normalized spacial score (nSPS) is 16.5. The number of nitrogens with one attached hydrogen (secondary N) is 1. The topological polar surface area (TPSA) is 92.8 Å². The van der Waals surface area contributed by atoms with E-state index in [1.807, 2.05) is 24.3 Å². The van der Waals surface area contributed by atoms with Crippen LogP contribution in [-0.2, 0) is 13.6 Å². The van der Waals surface area contributed by atoms with E-state index in [2.05, 4.69) is 20.1 Å². The molecule has 5 rings (SSSR count). The summed E-state index contributed by atoms with van der Waals surface area (Å²) in [5.41, 5.74) is 3.61. The van der Waals surface area contributed by atoms with Gasteiger partial charge in [-0.3, -0.25) is 9.48 Å². The first-order valence-electron chi connectivity index (χ1n) is 7.89. The molecule has 3 aromatic heterocycles. The number of para-hydroxylation sites is 2. The number of oxazole rings is 1. The zero-order valence-electron chi connectivity index (χ0n) is 13.4. The number of rotatable bonds is 2. The van der Waals surface area contributed by atoms with Gasteiger partial charge >= 0.3 is 0 Å². The molecular formula is C17H14N6O2. The predicted octanol–water partition coefficient (Wildman–Crippen LogP) is 2.03. The summed E-state index contributed by atoms with van der Waals surface area (Å²) in [5, 5.41) is 4.09. The van der Waals surface area contributed by atoms with Crippen LogP contribution in [0.5, 0.6) is 0 Å². The minimum Gasteiger partial charge on any atom is -0.438 e. The molecule has 0 unspecified atom stereocenters. The number of aryl methyl sites for hydroxylation is 1. The van der Waals surface area contributed by atoms with Crippen molar-refractivity contribution in [1.29, 1.82) is 0 Å². The van der Waals surface area contributed by atoms with E-state index in [1.54, 1.807) is 35.2 Å². The summed E-state index contributed by atoms with van der Waals surface area (Å²) in [4.78, 5) is 26.8. The highest BCUT2D eigenvalue weighted by Crippen LogP contribution is 2.38. The van der Waals surface area contributed by atoms with Gasteiger partial charge < -0.3 is 14.3 Å². The zero-order valence-corrected chi connectivity index (χ0v) is 13.4. The van der Waals surface area contributed by atoms with Crippen molar-refractivity contribution in [3.05, 3.63) is 65.8 Å². The Labute approximate surface area is 142 Å². The molecule has 4 heterocycles. The molecule has 0 aliphatic carbocycles. The number of H-pyrrole nitrogens is 1. The molecule has 1 N–H and O–H groups in total. The maximum Gasteiger partial charge on any atom is 0.273 e. The van der Waals surface area contributed by atoms with Crippen LogP contribution in [0.2, 0.25) is 0 Å². The third-order valence-electron chi connectivity index (χ3n) is 4.50. The fraction of sp³-hybridized carbons (Fsp3) is 0.176. The number of nitrogens with zero attached hydrogens (tertiary/aromatic N) is 5. The summed E-state index contributed by atoms with van der Waals surface area (Å²) in [6, 6.07) is 8.78. The average Bonchev–Trinajstić information content (AvgIpc) is 3.36. The Morgan fingerprint density at radius 2 is 2.20 bits per heavy atom. The van der Waals surface area contributed by atoms with Gasteiger partial charge in [-0.05, 0) is 18.2 Å². The Morgan fingerprint density at radius 1 is 1.32 bits per heavy atom. The fourth-order valence-corrected chi connectivity index (χ4v) is 3.28. The average molecular weight is 334 g/mol. The number of fused-ring (bicyclic) bond motifs is 2. The first-order chi connectivity index (χ1) is 12.2. The number of amides is 1. The van der Waals surface area contributed by atoms with Crippen LogP contribution < -0.4 is 0 Å². The van der Waals surface area contributed by atoms with E-state index in [9.17, 15) is 4.79 Å². The minimum atomic E-state index is -0.462.